The topological polar surface area (TPSA) is 121 Å². The summed E-state index contributed by atoms with van der Waals surface area (Å²) in [5, 5.41) is 24.5. The third-order valence-corrected chi connectivity index (χ3v) is 0.878. The lowest BCUT2D eigenvalue weighted by molar-refractivity contribution is -0.154. The van der Waals surface area contributed by atoms with Crippen molar-refractivity contribution in [1.29, 1.82) is 0 Å². The molecular formula is C4H7NO5. The zero-order valence-corrected chi connectivity index (χ0v) is 4.89. The Bertz CT molecular complexity index is 138. The lowest BCUT2D eigenvalue weighted by atomic mass is 10.2. The van der Waals surface area contributed by atoms with Crippen molar-refractivity contribution < 1.29 is 24.9 Å². The summed E-state index contributed by atoms with van der Waals surface area (Å²) < 4.78 is 0. The van der Waals surface area contributed by atoms with Crippen LogP contribution < -0.4 is 5.73 Å². The predicted octanol–water partition coefficient (Wildman–Crippen LogP) is -2.16. The van der Waals surface area contributed by atoms with Crippen molar-refractivity contribution in [3.8, 4) is 0 Å². The molecule has 0 aromatic heterocycles. The van der Waals surface area contributed by atoms with Gasteiger partial charge in [-0.25, -0.2) is 4.79 Å². The number of carboxylic acids is 2. The van der Waals surface area contributed by atoms with Gasteiger partial charge in [-0.3, -0.25) is 4.79 Å². The van der Waals surface area contributed by atoms with Crippen LogP contribution in [0.4, 0.5) is 0 Å². The number of carboxylic acid groups (broad SMARTS) is 2. The zero-order chi connectivity index (χ0) is 8.31. The number of hydrogen-bond acceptors (Lipinski definition) is 4. The van der Waals surface area contributed by atoms with Gasteiger partial charge in [0.1, 0.15) is 6.04 Å². The number of nitrogens with two attached hydrogens (primary N) is 1. The Morgan fingerprint density at radius 2 is 1.60 bits per heavy atom. The van der Waals surface area contributed by atoms with Crippen molar-refractivity contribution >= 4 is 11.9 Å². The molecule has 0 aromatic carbocycles. The highest BCUT2D eigenvalue weighted by molar-refractivity contribution is 5.83. The first-order valence-electron chi connectivity index (χ1n) is 2.36. The van der Waals surface area contributed by atoms with Gasteiger partial charge in [-0.15, -0.1) is 0 Å². The first kappa shape index (κ1) is 8.86. The van der Waals surface area contributed by atoms with Crippen LogP contribution in [-0.4, -0.2) is 39.4 Å². The molecule has 0 saturated heterocycles. The van der Waals surface area contributed by atoms with Crippen molar-refractivity contribution in [2.24, 2.45) is 5.73 Å². The van der Waals surface area contributed by atoms with E-state index in [0.29, 0.717) is 0 Å². The highest BCUT2D eigenvalue weighted by Crippen LogP contribution is 1.89. The molecule has 0 bridgehead atoms. The fourth-order valence-corrected chi connectivity index (χ4v) is 0.289. The van der Waals surface area contributed by atoms with Crippen LogP contribution >= 0.6 is 0 Å². The van der Waals surface area contributed by atoms with Crippen LogP contribution in [0.15, 0.2) is 0 Å². The molecule has 6 heteroatoms. The van der Waals surface area contributed by atoms with Crippen LogP contribution in [0.25, 0.3) is 0 Å². The molecule has 0 aliphatic rings. The third-order valence-electron chi connectivity index (χ3n) is 0.878. The molecule has 10 heavy (non-hydrogen) atoms. The lowest BCUT2D eigenvalue weighted by Crippen LogP contribution is -2.46. The van der Waals surface area contributed by atoms with E-state index in [1.54, 1.807) is 0 Å². The molecule has 5 N–H and O–H groups in total. The highest BCUT2D eigenvalue weighted by Gasteiger charge is 2.27. The maximum absolute atomic E-state index is 9.90. The van der Waals surface area contributed by atoms with Gasteiger partial charge in [-0.05, 0) is 0 Å². The maximum atomic E-state index is 9.90. The van der Waals surface area contributed by atoms with Crippen molar-refractivity contribution in [2.45, 2.75) is 12.1 Å². The number of hydrogen-bond donors (Lipinski definition) is 4. The Labute approximate surface area is 55.9 Å². The molecular weight excluding hydrogens is 142 g/mol. The molecule has 0 aromatic rings. The van der Waals surface area contributed by atoms with Gasteiger partial charge in [-0.1, -0.05) is 0 Å². The summed E-state index contributed by atoms with van der Waals surface area (Å²) in [7, 11) is 0. The van der Waals surface area contributed by atoms with E-state index in [-0.39, 0.29) is 0 Å². The van der Waals surface area contributed by atoms with Gasteiger partial charge in [0.25, 0.3) is 0 Å². The minimum Gasteiger partial charge on any atom is -0.480 e. The molecule has 0 aliphatic carbocycles. The van der Waals surface area contributed by atoms with Gasteiger partial charge in [0.05, 0.1) is 0 Å². The van der Waals surface area contributed by atoms with Gasteiger partial charge in [0.15, 0.2) is 6.10 Å². The third kappa shape index (κ3) is 2.00. The van der Waals surface area contributed by atoms with Gasteiger partial charge >= 0.3 is 11.9 Å². The standard InChI is InChI=1S/C4H7NO5/c5-1(3(7)8)2(6)4(9)10/h1-2,6H,5H2,(H,7,8)(H,9,10)/t1-,2?/m0/s1. The summed E-state index contributed by atoms with van der Waals surface area (Å²) in [5.41, 5.74) is 4.73. The first-order chi connectivity index (χ1) is 4.46. The number of aliphatic hydroxyl groups is 1. The normalized spacial score (nSPS) is 15.8. The van der Waals surface area contributed by atoms with E-state index in [4.69, 9.17) is 21.1 Å². The van der Waals surface area contributed by atoms with E-state index in [0.717, 1.165) is 0 Å². The van der Waals surface area contributed by atoms with Gasteiger partial charge in [0.2, 0.25) is 0 Å². The van der Waals surface area contributed by atoms with Crippen LogP contribution in [0, 0.1) is 0 Å². The van der Waals surface area contributed by atoms with Crippen molar-refractivity contribution in [2.75, 3.05) is 0 Å². The Hall–Kier alpha value is -1.14. The van der Waals surface area contributed by atoms with Gasteiger partial charge in [-0.2, -0.15) is 0 Å². The van der Waals surface area contributed by atoms with Crippen LogP contribution in [0.1, 0.15) is 0 Å². The SMILES string of the molecule is N[C@H](C(=O)O)C(O)C(=O)O. The van der Waals surface area contributed by atoms with E-state index in [1.807, 2.05) is 0 Å². The maximum Gasteiger partial charge on any atom is 0.334 e. The predicted molar refractivity (Wildman–Crippen MR) is 29.3 cm³/mol. The van der Waals surface area contributed by atoms with E-state index in [9.17, 15) is 9.59 Å². The largest absolute Gasteiger partial charge is 0.480 e. The highest BCUT2D eigenvalue weighted by atomic mass is 16.4. The van der Waals surface area contributed by atoms with Crippen molar-refractivity contribution in [1.82, 2.24) is 0 Å². The second kappa shape index (κ2) is 3.14. The molecule has 2 atom stereocenters. The molecule has 0 spiro atoms. The van der Waals surface area contributed by atoms with Gasteiger partial charge < -0.3 is 21.1 Å². The Balaban J connectivity index is 4.07. The molecule has 0 rings (SSSR count). The average Bonchev–Trinajstić information content (AvgIpc) is 1.84. The van der Waals surface area contributed by atoms with Crippen LogP contribution in [0.2, 0.25) is 0 Å². The van der Waals surface area contributed by atoms with Crippen LogP contribution in [0.3, 0.4) is 0 Å². The number of carbonyl (C=O) groups is 2. The fourth-order valence-electron chi connectivity index (χ4n) is 0.289. The summed E-state index contributed by atoms with van der Waals surface area (Å²) in [6.07, 6.45) is -2.04. The van der Waals surface area contributed by atoms with E-state index in [1.165, 1.54) is 0 Å². The van der Waals surface area contributed by atoms with Crippen LogP contribution in [-0.2, 0) is 9.59 Å². The Kier molecular flexibility index (Phi) is 2.78. The Morgan fingerprint density at radius 3 is 1.70 bits per heavy atom. The smallest absolute Gasteiger partial charge is 0.334 e. The summed E-state index contributed by atoms with van der Waals surface area (Å²) in [6, 6.07) is -1.77. The minimum absolute atomic E-state index is 1.55. The van der Waals surface area contributed by atoms with Crippen molar-refractivity contribution in [3.05, 3.63) is 0 Å². The molecule has 0 aliphatic heterocycles. The second-order valence-corrected chi connectivity index (χ2v) is 1.65. The molecule has 0 fully saturated rings. The Morgan fingerprint density at radius 1 is 1.20 bits per heavy atom. The summed E-state index contributed by atoms with van der Waals surface area (Å²) >= 11 is 0. The zero-order valence-electron chi connectivity index (χ0n) is 4.89. The monoisotopic (exact) mass is 149 g/mol. The average molecular weight is 149 g/mol. The molecule has 6 nitrogen and oxygen atoms in total. The summed E-state index contributed by atoms with van der Waals surface area (Å²) in [6.45, 7) is 0. The van der Waals surface area contributed by atoms with E-state index in [2.05, 4.69) is 0 Å². The number of aliphatic hydroxyl groups excluding tert-OH is 1. The fraction of sp³-hybridized carbons (Fsp3) is 0.500. The molecule has 0 radical (unpaired) electrons. The van der Waals surface area contributed by atoms with Gasteiger partial charge in [0, 0.05) is 0 Å². The second-order valence-electron chi connectivity index (χ2n) is 1.65. The van der Waals surface area contributed by atoms with E-state index >= 15 is 0 Å². The molecule has 1 unspecified atom stereocenters. The molecule has 0 amide bonds. The lowest BCUT2D eigenvalue weighted by Gasteiger charge is -2.08. The van der Waals surface area contributed by atoms with Crippen LogP contribution in [0.5, 0.6) is 0 Å². The number of aliphatic carboxylic acids is 2. The molecule has 0 saturated carbocycles. The molecule has 0 heterocycles. The summed E-state index contributed by atoms with van der Waals surface area (Å²) in [5.74, 6) is -3.19. The minimum atomic E-state index is -2.04. The quantitative estimate of drug-likeness (QED) is 0.363. The van der Waals surface area contributed by atoms with Crippen molar-refractivity contribution in [3.63, 3.8) is 0 Å². The van der Waals surface area contributed by atoms with E-state index < -0.39 is 24.1 Å². The summed E-state index contributed by atoms with van der Waals surface area (Å²) in [4.78, 5) is 19.7. The molecule has 58 valence electrons. The first-order valence-corrected chi connectivity index (χ1v) is 2.36. The number of rotatable bonds is 3.